The third-order valence-corrected chi connectivity index (χ3v) is 3.82. The van der Waals surface area contributed by atoms with Gasteiger partial charge in [0.25, 0.3) is 0 Å². The number of hydrogen-bond acceptors (Lipinski definition) is 2. The molecule has 2 bridgehead atoms. The van der Waals surface area contributed by atoms with Gasteiger partial charge in [-0.15, -0.1) is 0 Å². The average Bonchev–Trinajstić information content (AvgIpc) is 2.71. The van der Waals surface area contributed by atoms with E-state index in [0.717, 1.165) is 25.3 Å². The molecule has 2 aliphatic rings. The van der Waals surface area contributed by atoms with Gasteiger partial charge in [-0.05, 0) is 31.4 Å². The van der Waals surface area contributed by atoms with Crippen molar-refractivity contribution in [2.24, 2.45) is 5.92 Å². The highest BCUT2D eigenvalue weighted by Crippen LogP contribution is 2.22. The Morgan fingerprint density at radius 1 is 1.33 bits per heavy atom. The van der Waals surface area contributed by atoms with Gasteiger partial charge in [-0.1, -0.05) is 17.7 Å². The first-order chi connectivity index (χ1) is 8.70. The van der Waals surface area contributed by atoms with Gasteiger partial charge < -0.3 is 15.5 Å². The second-order valence-corrected chi connectivity index (χ2v) is 5.41. The Morgan fingerprint density at radius 3 is 2.83 bits per heavy atom. The Bertz CT molecular complexity index is 431. The molecule has 2 heterocycles. The molecule has 4 heteroatoms. The quantitative estimate of drug-likeness (QED) is 0.792. The SMILES string of the molecule is Cc1ccc(NC(=O)N2C[C@H]3CN[C@@H](C3)C2)cc1. The van der Waals surface area contributed by atoms with Crippen molar-refractivity contribution in [3.05, 3.63) is 29.8 Å². The number of carbonyl (C=O) groups excluding carboxylic acids is 1. The first-order valence-electron chi connectivity index (χ1n) is 6.57. The van der Waals surface area contributed by atoms with E-state index in [-0.39, 0.29) is 6.03 Å². The molecule has 3 rings (SSSR count). The zero-order valence-corrected chi connectivity index (χ0v) is 10.6. The lowest BCUT2D eigenvalue weighted by atomic mass is 10.0. The predicted molar refractivity (Wildman–Crippen MR) is 71.7 cm³/mol. The van der Waals surface area contributed by atoms with E-state index in [4.69, 9.17) is 0 Å². The maximum Gasteiger partial charge on any atom is 0.321 e. The monoisotopic (exact) mass is 245 g/mol. The van der Waals surface area contributed by atoms with E-state index in [1.54, 1.807) is 0 Å². The van der Waals surface area contributed by atoms with Crippen LogP contribution in [0.5, 0.6) is 0 Å². The predicted octanol–water partition coefficient (Wildman–Crippen LogP) is 1.82. The third kappa shape index (κ3) is 2.34. The number of fused-ring (bicyclic) bond motifs is 2. The number of rotatable bonds is 1. The number of anilines is 1. The highest BCUT2D eigenvalue weighted by atomic mass is 16.2. The molecule has 1 aromatic rings. The number of amides is 2. The second kappa shape index (κ2) is 4.61. The van der Waals surface area contributed by atoms with E-state index in [1.165, 1.54) is 12.0 Å². The van der Waals surface area contributed by atoms with Gasteiger partial charge in [0.05, 0.1) is 0 Å². The summed E-state index contributed by atoms with van der Waals surface area (Å²) >= 11 is 0. The van der Waals surface area contributed by atoms with Crippen molar-refractivity contribution in [3.63, 3.8) is 0 Å². The summed E-state index contributed by atoms with van der Waals surface area (Å²) in [5, 5.41) is 6.42. The van der Waals surface area contributed by atoms with E-state index in [1.807, 2.05) is 36.1 Å². The lowest BCUT2D eigenvalue weighted by Gasteiger charge is -2.31. The molecule has 2 aliphatic heterocycles. The van der Waals surface area contributed by atoms with Gasteiger partial charge in [-0.2, -0.15) is 0 Å². The molecule has 18 heavy (non-hydrogen) atoms. The number of carbonyl (C=O) groups is 1. The average molecular weight is 245 g/mol. The molecule has 1 aromatic carbocycles. The van der Waals surface area contributed by atoms with Crippen LogP contribution < -0.4 is 10.6 Å². The third-order valence-electron chi connectivity index (χ3n) is 3.82. The van der Waals surface area contributed by atoms with Crippen molar-refractivity contribution in [1.82, 2.24) is 10.2 Å². The van der Waals surface area contributed by atoms with E-state index >= 15 is 0 Å². The molecule has 2 fully saturated rings. The number of urea groups is 1. The van der Waals surface area contributed by atoms with Crippen LogP contribution in [-0.2, 0) is 0 Å². The molecule has 0 unspecified atom stereocenters. The number of likely N-dealkylation sites (tertiary alicyclic amines) is 1. The van der Waals surface area contributed by atoms with Crippen molar-refractivity contribution >= 4 is 11.7 Å². The second-order valence-electron chi connectivity index (χ2n) is 5.41. The summed E-state index contributed by atoms with van der Waals surface area (Å²) in [6, 6.07) is 8.44. The van der Waals surface area contributed by atoms with Crippen LogP contribution in [0.15, 0.2) is 24.3 Å². The largest absolute Gasteiger partial charge is 0.323 e. The topological polar surface area (TPSA) is 44.4 Å². The minimum absolute atomic E-state index is 0.0252. The number of aryl methyl sites for hydroxylation is 1. The van der Waals surface area contributed by atoms with Crippen LogP contribution in [0.4, 0.5) is 10.5 Å². The molecule has 2 atom stereocenters. The molecule has 0 radical (unpaired) electrons. The Hall–Kier alpha value is -1.55. The highest BCUT2D eigenvalue weighted by Gasteiger charge is 2.34. The van der Waals surface area contributed by atoms with E-state index in [2.05, 4.69) is 10.6 Å². The zero-order chi connectivity index (χ0) is 12.5. The van der Waals surface area contributed by atoms with Gasteiger partial charge in [0.1, 0.15) is 0 Å². The highest BCUT2D eigenvalue weighted by molar-refractivity contribution is 5.89. The summed E-state index contributed by atoms with van der Waals surface area (Å²) < 4.78 is 0. The lowest BCUT2D eigenvalue weighted by Crippen LogP contribution is -2.46. The first-order valence-corrected chi connectivity index (χ1v) is 6.57. The molecule has 4 nitrogen and oxygen atoms in total. The van der Waals surface area contributed by atoms with Crippen LogP contribution in [0.3, 0.4) is 0 Å². The van der Waals surface area contributed by atoms with E-state index in [9.17, 15) is 4.79 Å². The van der Waals surface area contributed by atoms with Crippen molar-refractivity contribution in [1.29, 1.82) is 0 Å². The van der Waals surface area contributed by atoms with Gasteiger partial charge in [-0.3, -0.25) is 0 Å². The van der Waals surface area contributed by atoms with Crippen molar-refractivity contribution in [2.45, 2.75) is 19.4 Å². The van der Waals surface area contributed by atoms with Crippen LogP contribution in [0, 0.1) is 12.8 Å². The number of nitrogens with zero attached hydrogens (tertiary/aromatic N) is 1. The minimum atomic E-state index is 0.0252. The fourth-order valence-corrected chi connectivity index (χ4v) is 2.84. The molecule has 2 saturated heterocycles. The van der Waals surface area contributed by atoms with Crippen LogP contribution in [0.2, 0.25) is 0 Å². The first kappa shape index (κ1) is 11.5. The summed E-state index contributed by atoms with van der Waals surface area (Å²) in [7, 11) is 0. The van der Waals surface area contributed by atoms with Gasteiger partial charge in [-0.25, -0.2) is 4.79 Å². The summed E-state index contributed by atoms with van der Waals surface area (Å²) in [6.07, 6.45) is 1.22. The molecular formula is C14H19N3O. The summed E-state index contributed by atoms with van der Waals surface area (Å²) in [5.41, 5.74) is 2.07. The molecule has 96 valence electrons. The van der Waals surface area contributed by atoms with Gasteiger partial charge in [0.2, 0.25) is 0 Å². The zero-order valence-electron chi connectivity index (χ0n) is 10.6. The smallest absolute Gasteiger partial charge is 0.321 e. The molecule has 0 spiro atoms. The molecule has 0 saturated carbocycles. The molecule has 0 aromatic heterocycles. The van der Waals surface area contributed by atoms with Crippen molar-refractivity contribution < 1.29 is 4.79 Å². The number of hydrogen-bond donors (Lipinski definition) is 2. The molecule has 0 aliphatic carbocycles. The maximum atomic E-state index is 12.2. The Labute approximate surface area is 107 Å². The van der Waals surface area contributed by atoms with Crippen LogP contribution in [-0.4, -0.2) is 36.6 Å². The van der Waals surface area contributed by atoms with Crippen LogP contribution >= 0.6 is 0 Å². The Kier molecular flexibility index (Phi) is 2.96. The molecule has 2 amide bonds. The number of nitrogens with one attached hydrogen (secondary N) is 2. The normalized spacial score (nSPS) is 26.2. The number of benzene rings is 1. The van der Waals surface area contributed by atoms with Gasteiger partial charge >= 0.3 is 6.03 Å². The van der Waals surface area contributed by atoms with Crippen molar-refractivity contribution in [2.75, 3.05) is 25.0 Å². The van der Waals surface area contributed by atoms with E-state index in [0.29, 0.717) is 12.0 Å². The standard InChI is InChI=1S/C14H19N3O/c1-10-2-4-12(5-3-10)16-14(18)17-8-11-6-13(9-17)15-7-11/h2-5,11,13,15H,6-9H2,1H3,(H,16,18)/t11-,13+/m1/s1. The van der Waals surface area contributed by atoms with E-state index < -0.39 is 0 Å². The van der Waals surface area contributed by atoms with Gasteiger partial charge in [0, 0.05) is 31.4 Å². The fraction of sp³-hybridized carbons (Fsp3) is 0.500. The van der Waals surface area contributed by atoms with Crippen molar-refractivity contribution in [3.8, 4) is 0 Å². The maximum absolute atomic E-state index is 12.2. The Balaban J connectivity index is 1.63. The molecular weight excluding hydrogens is 226 g/mol. The Morgan fingerprint density at radius 2 is 2.11 bits per heavy atom. The lowest BCUT2D eigenvalue weighted by molar-refractivity contribution is 0.186. The van der Waals surface area contributed by atoms with Crippen LogP contribution in [0.25, 0.3) is 0 Å². The van der Waals surface area contributed by atoms with Gasteiger partial charge in [0.15, 0.2) is 0 Å². The summed E-state index contributed by atoms with van der Waals surface area (Å²) in [6.45, 7) is 4.80. The summed E-state index contributed by atoms with van der Waals surface area (Å²) in [4.78, 5) is 14.1. The van der Waals surface area contributed by atoms with Crippen LogP contribution in [0.1, 0.15) is 12.0 Å². The minimum Gasteiger partial charge on any atom is -0.323 e. The summed E-state index contributed by atoms with van der Waals surface area (Å²) in [5.74, 6) is 0.632. The fourth-order valence-electron chi connectivity index (χ4n) is 2.84. The molecule has 2 N–H and O–H groups in total. The number of piperidine rings is 1.